The van der Waals surface area contributed by atoms with Crippen LogP contribution in [0.15, 0.2) is 46.9 Å². The Morgan fingerprint density at radius 2 is 1.89 bits per heavy atom. The molecule has 0 radical (unpaired) electrons. The van der Waals surface area contributed by atoms with Gasteiger partial charge in [-0.2, -0.15) is 0 Å². The minimum atomic E-state index is 0.202. The summed E-state index contributed by atoms with van der Waals surface area (Å²) in [5, 5.41) is 0. The van der Waals surface area contributed by atoms with Gasteiger partial charge in [0.2, 0.25) is 0 Å². The van der Waals surface area contributed by atoms with Crippen LogP contribution in [0.1, 0.15) is 33.5 Å². The summed E-state index contributed by atoms with van der Waals surface area (Å²) >= 11 is 3.44. The lowest BCUT2D eigenvalue weighted by molar-refractivity contribution is 0.0993. The molecule has 1 aliphatic carbocycles. The molecule has 0 amide bonds. The fraction of sp³-hybridized carbons (Fsp3) is 0.235. The van der Waals surface area contributed by atoms with Gasteiger partial charge in [-0.1, -0.05) is 40.2 Å². The van der Waals surface area contributed by atoms with Gasteiger partial charge < -0.3 is 0 Å². The van der Waals surface area contributed by atoms with E-state index in [9.17, 15) is 4.79 Å². The van der Waals surface area contributed by atoms with E-state index in [2.05, 4.69) is 28.1 Å². The fourth-order valence-electron chi connectivity index (χ4n) is 2.68. The molecule has 0 bridgehead atoms. The first-order valence-electron chi connectivity index (χ1n) is 6.62. The summed E-state index contributed by atoms with van der Waals surface area (Å²) in [6.07, 6.45) is 3.97. The summed E-state index contributed by atoms with van der Waals surface area (Å²) in [6, 6.07) is 14.1. The van der Waals surface area contributed by atoms with E-state index in [-0.39, 0.29) is 5.78 Å². The van der Waals surface area contributed by atoms with Crippen LogP contribution in [-0.4, -0.2) is 5.78 Å². The highest BCUT2D eigenvalue weighted by Gasteiger charge is 2.14. The van der Waals surface area contributed by atoms with Gasteiger partial charge in [-0.05, 0) is 54.2 Å². The van der Waals surface area contributed by atoms with Crippen LogP contribution < -0.4 is 0 Å². The number of Topliss-reactive ketones (excluding diaryl/α,β-unsaturated/α-hetero) is 1. The predicted molar refractivity (Wildman–Crippen MR) is 80.6 cm³/mol. The standard InChI is InChI=1S/C17H15BrO/c18-16-6-1-3-12(9-16)10-17(19)15-8-7-13-4-2-5-14(13)11-15/h1,3,6-9,11H,2,4-5,10H2. The van der Waals surface area contributed by atoms with Crippen molar-refractivity contribution in [3.8, 4) is 0 Å². The number of rotatable bonds is 3. The quantitative estimate of drug-likeness (QED) is 0.769. The number of hydrogen-bond donors (Lipinski definition) is 0. The third kappa shape index (κ3) is 2.79. The molecule has 0 unspecified atom stereocenters. The van der Waals surface area contributed by atoms with E-state index in [0.29, 0.717) is 6.42 Å². The van der Waals surface area contributed by atoms with Crippen molar-refractivity contribution in [2.45, 2.75) is 25.7 Å². The molecule has 2 aromatic rings. The van der Waals surface area contributed by atoms with Crippen LogP contribution in [-0.2, 0) is 19.3 Å². The first kappa shape index (κ1) is 12.6. The second kappa shape index (κ2) is 5.30. The summed E-state index contributed by atoms with van der Waals surface area (Å²) in [7, 11) is 0. The monoisotopic (exact) mass is 314 g/mol. The molecule has 0 aromatic heterocycles. The highest BCUT2D eigenvalue weighted by Crippen LogP contribution is 2.23. The second-order valence-electron chi connectivity index (χ2n) is 5.07. The highest BCUT2D eigenvalue weighted by atomic mass is 79.9. The third-order valence-corrected chi connectivity index (χ3v) is 4.17. The summed E-state index contributed by atoms with van der Waals surface area (Å²) in [5.74, 6) is 0.202. The first-order valence-corrected chi connectivity index (χ1v) is 7.41. The van der Waals surface area contributed by atoms with E-state index >= 15 is 0 Å². The summed E-state index contributed by atoms with van der Waals surface area (Å²) in [5.41, 5.74) is 4.68. The second-order valence-corrected chi connectivity index (χ2v) is 5.98. The number of fused-ring (bicyclic) bond motifs is 1. The van der Waals surface area contributed by atoms with Gasteiger partial charge in [-0.15, -0.1) is 0 Å². The van der Waals surface area contributed by atoms with Gasteiger partial charge in [0.25, 0.3) is 0 Å². The molecule has 0 saturated carbocycles. The minimum absolute atomic E-state index is 0.202. The molecule has 0 aliphatic heterocycles. The molecule has 3 rings (SSSR count). The number of halogens is 1. The SMILES string of the molecule is O=C(Cc1cccc(Br)c1)c1ccc2c(c1)CCC2. The van der Waals surface area contributed by atoms with E-state index in [0.717, 1.165) is 28.4 Å². The number of aryl methyl sites for hydroxylation is 2. The third-order valence-electron chi connectivity index (χ3n) is 3.67. The van der Waals surface area contributed by atoms with Crippen molar-refractivity contribution < 1.29 is 4.79 Å². The molecule has 0 saturated heterocycles. The molecule has 2 aromatic carbocycles. The lowest BCUT2D eigenvalue weighted by atomic mass is 9.99. The number of carbonyl (C=O) groups excluding carboxylic acids is 1. The fourth-order valence-corrected chi connectivity index (χ4v) is 3.13. The van der Waals surface area contributed by atoms with Gasteiger partial charge in [0.1, 0.15) is 0 Å². The predicted octanol–water partition coefficient (Wildman–Crippen LogP) is 4.36. The maximum atomic E-state index is 12.3. The Labute approximate surface area is 121 Å². The Bertz CT molecular complexity index is 631. The molecule has 0 atom stereocenters. The lowest BCUT2D eigenvalue weighted by Gasteiger charge is -2.05. The summed E-state index contributed by atoms with van der Waals surface area (Å²) < 4.78 is 1.02. The zero-order chi connectivity index (χ0) is 13.2. The van der Waals surface area contributed by atoms with Crippen molar-refractivity contribution in [1.82, 2.24) is 0 Å². The number of ketones is 1. The number of hydrogen-bond acceptors (Lipinski definition) is 1. The van der Waals surface area contributed by atoms with Crippen LogP contribution in [0.4, 0.5) is 0 Å². The van der Waals surface area contributed by atoms with Crippen LogP contribution in [0.3, 0.4) is 0 Å². The van der Waals surface area contributed by atoms with Gasteiger partial charge in [0.05, 0.1) is 0 Å². The van der Waals surface area contributed by atoms with Crippen molar-refractivity contribution >= 4 is 21.7 Å². The van der Waals surface area contributed by atoms with E-state index in [1.54, 1.807) is 0 Å². The Morgan fingerprint density at radius 3 is 2.74 bits per heavy atom. The molecule has 1 nitrogen and oxygen atoms in total. The van der Waals surface area contributed by atoms with Crippen molar-refractivity contribution in [2.24, 2.45) is 0 Å². The van der Waals surface area contributed by atoms with Gasteiger partial charge in [-0.3, -0.25) is 4.79 Å². The topological polar surface area (TPSA) is 17.1 Å². The largest absolute Gasteiger partial charge is 0.294 e. The van der Waals surface area contributed by atoms with Gasteiger partial charge in [0, 0.05) is 16.5 Å². The Balaban J connectivity index is 1.81. The van der Waals surface area contributed by atoms with E-state index < -0.39 is 0 Å². The molecule has 0 N–H and O–H groups in total. The van der Waals surface area contributed by atoms with Crippen molar-refractivity contribution in [3.05, 3.63) is 69.2 Å². The van der Waals surface area contributed by atoms with Crippen LogP contribution in [0.25, 0.3) is 0 Å². The Hall–Kier alpha value is -1.41. The normalized spacial score (nSPS) is 13.3. The number of benzene rings is 2. The van der Waals surface area contributed by atoms with Crippen LogP contribution in [0.5, 0.6) is 0 Å². The van der Waals surface area contributed by atoms with Gasteiger partial charge in [-0.25, -0.2) is 0 Å². The van der Waals surface area contributed by atoms with E-state index in [1.807, 2.05) is 30.3 Å². The van der Waals surface area contributed by atoms with E-state index in [4.69, 9.17) is 0 Å². The zero-order valence-electron chi connectivity index (χ0n) is 10.7. The molecular formula is C17H15BrO. The molecular weight excluding hydrogens is 300 g/mol. The molecule has 0 heterocycles. The summed E-state index contributed by atoms with van der Waals surface area (Å²) in [4.78, 5) is 12.3. The summed E-state index contributed by atoms with van der Waals surface area (Å²) in [6.45, 7) is 0. The molecule has 19 heavy (non-hydrogen) atoms. The number of carbonyl (C=O) groups is 1. The van der Waals surface area contributed by atoms with Crippen LogP contribution in [0, 0.1) is 0 Å². The van der Waals surface area contributed by atoms with Gasteiger partial charge >= 0.3 is 0 Å². The lowest BCUT2D eigenvalue weighted by Crippen LogP contribution is -2.04. The molecule has 0 fully saturated rings. The first-order chi connectivity index (χ1) is 9.22. The van der Waals surface area contributed by atoms with Crippen molar-refractivity contribution in [1.29, 1.82) is 0 Å². The molecule has 1 aliphatic rings. The highest BCUT2D eigenvalue weighted by molar-refractivity contribution is 9.10. The molecule has 0 spiro atoms. The van der Waals surface area contributed by atoms with Crippen molar-refractivity contribution in [3.63, 3.8) is 0 Å². The Kier molecular flexibility index (Phi) is 3.52. The molecule has 2 heteroatoms. The van der Waals surface area contributed by atoms with Crippen LogP contribution in [0.2, 0.25) is 0 Å². The van der Waals surface area contributed by atoms with E-state index in [1.165, 1.54) is 17.5 Å². The maximum Gasteiger partial charge on any atom is 0.167 e. The maximum absolute atomic E-state index is 12.3. The van der Waals surface area contributed by atoms with Gasteiger partial charge in [0.15, 0.2) is 5.78 Å². The minimum Gasteiger partial charge on any atom is -0.294 e. The van der Waals surface area contributed by atoms with Crippen LogP contribution >= 0.6 is 15.9 Å². The van der Waals surface area contributed by atoms with Crippen molar-refractivity contribution in [2.75, 3.05) is 0 Å². The smallest absolute Gasteiger partial charge is 0.167 e. The zero-order valence-corrected chi connectivity index (χ0v) is 12.2. The average Bonchev–Trinajstić information content (AvgIpc) is 2.85. The average molecular weight is 315 g/mol. The Morgan fingerprint density at radius 1 is 1.05 bits per heavy atom. The molecule has 96 valence electrons.